The van der Waals surface area contributed by atoms with Crippen molar-refractivity contribution in [1.82, 2.24) is 10.2 Å². The van der Waals surface area contributed by atoms with Crippen LogP contribution in [0.25, 0.3) is 0 Å². The van der Waals surface area contributed by atoms with Gasteiger partial charge in [-0.15, -0.1) is 13.2 Å². The SMILES string of the molecule is C=CCCC(=O)NC[C@@H](C)OC(=O)[C@@H]1[C@H]2O[C@@]3(CC2Br)[C@H](C(=O)N(CC=C)c2ccc(N(CC)CC)cc2)N([C@H](CO)c2ccccc2)C(=O)[C@@H]13. The lowest BCUT2D eigenvalue weighted by atomic mass is 9.70. The Balaban J connectivity index is 1.52. The number of nitrogens with zero attached hydrogens (tertiary/aromatic N) is 3. The van der Waals surface area contributed by atoms with Crippen LogP contribution in [0, 0.1) is 11.8 Å². The molecule has 3 aliphatic heterocycles. The highest BCUT2D eigenvalue weighted by Crippen LogP contribution is 2.61. The van der Waals surface area contributed by atoms with Gasteiger partial charge in [-0.1, -0.05) is 58.4 Å². The van der Waals surface area contributed by atoms with E-state index >= 15 is 4.79 Å². The Kier molecular flexibility index (Phi) is 12.4. The minimum Gasteiger partial charge on any atom is -0.460 e. The van der Waals surface area contributed by atoms with Crippen LogP contribution in [0.3, 0.4) is 0 Å². The average Bonchev–Trinajstić information content (AvgIpc) is 3.73. The van der Waals surface area contributed by atoms with Gasteiger partial charge in [0.1, 0.15) is 17.7 Å². The van der Waals surface area contributed by atoms with E-state index in [9.17, 15) is 19.5 Å². The Hall–Kier alpha value is -4.00. The standard InChI is InChI=1S/C39H49BrN4O7/c1-6-10-16-31(46)41-23-25(5)50-38(49)32-33-36(47)44(30(24-45)26-14-12-11-13-15-26)35(39(33)22-29(40)34(32)51-39)37(48)43(21-7-2)28-19-17-27(18-20-28)42(8-3)9-4/h6-7,11-15,17-20,25,29-30,32-35,45H,1-2,8-10,16,21-24H2,3-5H3,(H,41,46)/t25-,29?,30-,32+,33-,34+,35+,39-/m1/s1. The molecule has 3 fully saturated rings. The third kappa shape index (κ3) is 7.36. The number of carbonyl (C=O) groups excluding carboxylic acids is 4. The molecule has 0 aliphatic carbocycles. The van der Waals surface area contributed by atoms with Crippen LogP contribution in [-0.2, 0) is 28.7 Å². The summed E-state index contributed by atoms with van der Waals surface area (Å²) in [5.41, 5.74) is 0.890. The van der Waals surface area contributed by atoms with Crippen molar-refractivity contribution in [1.29, 1.82) is 0 Å². The van der Waals surface area contributed by atoms with E-state index in [1.54, 1.807) is 36.1 Å². The van der Waals surface area contributed by atoms with Gasteiger partial charge in [-0.3, -0.25) is 19.2 Å². The molecule has 8 atom stereocenters. The maximum absolute atomic E-state index is 15.1. The quantitative estimate of drug-likeness (QED) is 0.137. The van der Waals surface area contributed by atoms with E-state index in [4.69, 9.17) is 9.47 Å². The van der Waals surface area contributed by atoms with Gasteiger partial charge in [0.05, 0.1) is 37.1 Å². The van der Waals surface area contributed by atoms with Crippen molar-refractivity contribution in [3.63, 3.8) is 0 Å². The number of rotatable bonds is 17. The van der Waals surface area contributed by atoms with E-state index in [-0.39, 0.29) is 36.7 Å². The number of hydrogen-bond donors (Lipinski definition) is 2. The number of hydrogen-bond acceptors (Lipinski definition) is 8. The summed E-state index contributed by atoms with van der Waals surface area (Å²) in [6.07, 6.45) is 2.96. The number of allylic oxidation sites excluding steroid dienone is 1. The number of benzene rings is 2. The van der Waals surface area contributed by atoms with Crippen LogP contribution >= 0.6 is 15.9 Å². The van der Waals surface area contributed by atoms with Crippen molar-refractivity contribution in [3.8, 4) is 0 Å². The van der Waals surface area contributed by atoms with E-state index < -0.39 is 66.1 Å². The zero-order valence-electron chi connectivity index (χ0n) is 29.6. The van der Waals surface area contributed by atoms with Gasteiger partial charge < -0.3 is 34.6 Å². The van der Waals surface area contributed by atoms with Crippen LogP contribution in [0.5, 0.6) is 0 Å². The molecule has 2 bridgehead atoms. The molecule has 0 saturated carbocycles. The predicted octanol–water partition coefficient (Wildman–Crippen LogP) is 4.55. The van der Waals surface area contributed by atoms with Crippen molar-refractivity contribution in [2.45, 2.75) is 74.8 Å². The number of fused-ring (bicyclic) bond motifs is 1. The first-order valence-electron chi connectivity index (χ1n) is 17.7. The van der Waals surface area contributed by atoms with Gasteiger partial charge in [0.2, 0.25) is 11.8 Å². The molecule has 3 amide bonds. The fourth-order valence-corrected chi connectivity index (χ4v) is 8.85. The van der Waals surface area contributed by atoms with Crippen LogP contribution in [0.4, 0.5) is 11.4 Å². The molecular weight excluding hydrogens is 716 g/mol. The van der Waals surface area contributed by atoms with Crippen molar-refractivity contribution in [2.75, 3.05) is 42.6 Å². The minimum absolute atomic E-state index is 0.0961. The number of halogens is 1. The summed E-state index contributed by atoms with van der Waals surface area (Å²) in [5, 5.41) is 13.6. The van der Waals surface area contributed by atoms with Crippen molar-refractivity contribution in [2.24, 2.45) is 11.8 Å². The van der Waals surface area contributed by atoms with Crippen LogP contribution in [-0.4, -0.2) is 95.2 Å². The van der Waals surface area contributed by atoms with Gasteiger partial charge in [-0.05, 0) is 63.4 Å². The molecular formula is C39H49BrN4O7. The third-order valence-electron chi connectivity index (χ3n) is 10.3. The number of aliphatic hydroxyl groups excluding tert-OH is 1. The number of amides is 3. The fraction of sp³-hybridized carbons (Fsp3) is 0.487. The molecule has 1 spiro atoms. The smallest absolute Gasteiger partial charge is 0.312 e. The molecule has 0 radical (unpaired) electrons. The van der Waals surface area contributed by atoms with Crippen molar-refractivity contribution in [3.05, 3.63) is 85.5 Å². The fourth-order valence-electron chi connectivity index (χ4n) is 7.91. The summed E-state index contributed by atoms with van der Waals surface area (Å²) in [6, 6.07) is 14.7. The van der Waals surface area contributed by atoms with Gasteiger partial charge in [0, 0.05) is 42.3 Å². The summed E-state index contributed by atoms with van der Waals surface area (Å²) in [4.78, 5) is 61.0. The number of esters is 1. The Morgan fingerprint density at radius 1 is 1.10 bits per heavy atom. The predicted molar refractivity (Wildman–Crippen MR) is 199 cm³/mol. The normalized spacial score (nSPS) is 25.9. The topological polar surface area (TPSA) is 129 Å². The molecule has 3 aliphatic rings. The first kappa shape index (κ1) is 38.2. The highest BCUT2D eigenvalue weighted by molar-refractivity contribution is 9.09. The summed E-state index contributed by atoms with van der Waals surface area (Å²) in [7, 11) is 0. The van der Waals surface area contributed by atoms with Crippen LogP contribution < -0.4 is 15.1 Å². The molecule has 5 rings (SSSR count). The molecule has 274 valence electrons. The molecule has 3 heterocycles. The molecule has 2 aromatic rings. The summed E-state index contributed by atoms with van der Waals surface area (Å²) < 4.78 is 12.6. The van der Waals surface area contributed by atoms with Crippen LogP contribution in [0.1, 0.15) is 51.6 Å². The first-order chi connectivity index (χ1) is 24.6. The highest BCUT2D eigenvalue weighted by Gasteiger charge is 2.77. The highest BCUT2D eigenvalue weighted by atomic mass is 79.9. The largest absolute Gasteiger partial charge is 0.460 e. The summed E-state index contributed by atoms with van der Waals surface area (Å²) >= 11 is 3.72. The molecule has 11 nitrogen and oxygen atoms in total. The second kappa shape index (κ2) is 16.6. The van der Waals surface area contributed by atoms with E-state index in [2.05, 4.69) is 53.2 Å². The molecule has 1 unspecified atom stereocenters. The maximum atomic E-state index is 15.1. The van der Waals surface area contributed by atoms with Crippen LogP contribution in [0.2, 0.25) is 0 Å². The lowest BCUT2D eigenvalue weighted by Gasteiger charge is -2.39. The Bertz CT molecular complexity index is 1590. The summed E-state index contributed by atoms with van der Waals surface area (Å²) in [5.74, 6) is -3.75. The lowest BCUT2D eigenvalue weighted by Crippen LogP contribution is -2.57. The Morgan fingerprint density at radius 3 is 2.37 bits per heavy atom. The number of likely N-dealkylation sites (tertiary alicyclic amines) is 1. The van der Waals surface area contributed by atoms with Gasteiger partial charge in [-0.2, -0.15) is 0 Å². The third-order valence-corrected chi connectivity index (χ3v) is 11.1. The number of nitrogens with one attached hydrogen (secondary N) is 1. The maximum Gasteiger partial charge on any atom is 0.312 e. The van der Waals surface area contributed by atoms with Crippen LogP contribution in [0.15, 0.2) is 79.9 Å². The Morgan fingerprint density at radius 2 is 1.76 bits per heavy atom. The molecule has 0 aromatic heterocycles. The van der Waals surface area contributed by atoms with Gasteiger partial charge in [0.15, 0.2) is 0 Å². The number of anilines is 2. The van der Waals surface area contributed by atoms with E-state index in [0.29, 0.717) is 17.7 Å². The number of alkyl halides is 1. The molecule has 2 aromatic carbocycles. The zero-order chi connectivity index (χ0) is 36.9. The lowest BCUT2D eigenvalue weighted by molar-refractivity contribution is -0.159. The molecule has 3 saturated heterocycles. The number of ether oxygens (including phenoxy) is 2. The van der Waals surface area contributed by atoms with E-state index in [1.165, 1.54) is 4.90 Å². The number of aliphatic hydroxyl groups is 1. The Labute approximate surface area is 308 Å². The summed E-state index contributed by atoms with van der Waals surface area (Å²) in [6.45, 7) is 14.8. The second-order valence-electron chi connectivity index (χ2n) is 13.3. The number of carbonyl (C=O) groups is 4. The molecule has 12 heteroatoms. The average molecular weight is 766 g/mol. The van der Waals surface area contributed by atoms with Gasteiger partial charge >= 0.3 is 5.97 Å². The van der Waals surface area contributed by atoms with Crippen molar-refractivity contribution >= 4 is 51.0 Å². The zero-order valence-corrected chi connectivity index (χ0v) is 31.2. The van der Waals surface area contributed by atoms with Gasteiger partial charge in [-0.25, -0.2) is 0 Å². The molecule has 51 heavy (non-hydrogen) atoms. The van der Waals surface area contributed by atoms with E-state index in [1.807, 2.05) is 42.5 Å². The van der Waals surface area contributed by atoms with E-state index in [0.717, 1.165) is 18.8 Å². The van der Waals surface area contributed by atoms with Crippen molar-refractivity contribution < 1.29 is 33.8 Å². The van der Waals surface area contributed by atoms with Gasteiger partial charge in [0.25, 0.3) is 5.91 Å². The minimum atomic E-state index is -1.39. The first-order valence-corrected chi connectivity index (χ1v) is 18.6. The second-order valence-corrected chi connectivity index (χ2v) is 14.5. The monoisotopic (exact) mass is 764 g/mol. The molecule has 2 N–H and O–H groups in total.